The standard InChI is InChI=1S/C18H27N3O4/c1-24-12-9-19-17(22)13-21-10-7-15(8-11-21)20-18(23)14-3-5-16(25-2)6-4-14/h3-6,15H,7-13H2,1-2H3,(H,19,22)(H,20,23)/p+1. The van der Waals surface area contributed by atoms with E-state index in [4.69, 9.17) is 9.47 Å². The molecule has 1 aromatic carbocycles. The molecule has 0 radical (unpaired) electrons. The summed E-state index contributed by atoms with van der Waals surface area (Å²) in [5, 5.41) is 5.92. The van der Waals surface area contributed by atoms with Gasteiger partial charge in [-0.15, -0.1) is 0 Å². The zero-order valence-electron chi connectivity index (χ0n) is 15.0. The van der Waals surface area contributed by atoms with Crippen LogP contribution in [0.1, 0.15) is 23.2 Å². The van der Waals surface area contributed by atoms with Crippen molar-refractivity contribution in [3.05, 3.63) is 29.8 Å². The fourth-order valence-electron chi connectivity index (χ4n) is 2.94. The molecule has 1 saturated heterocycles. The quantitative estimate of drug-likeness (QED) is 0.538. The summed E-state index contributed by atoms with van der Waals surface area (Å²) in [4.78, 5) is 25.4. The van der Waals surface area contributed by atoms with Gasteiger partial charge < -0.3 is 25.0 Å². The van der Waals surface area contributed by atoms with Crippen LogP contribution in [-0.2, 0) is 9.53 Å². The van der Waals surface area contributed by atoms with Crippen molar-refractivity contribution in [3.8, 4) is 5.75 Å². The van der Waals surface area contributed by atoms with E-state index in [9.17, 15) is 9.59 Å². The molecule has 2 amide bonds. The summed E-state index contributed by atoms with van der Waals surface area (Å²) in [6.07, 6.45) is 1.76. The minimum atomic E-state index is -0.0617. The van der Waals surface area contributed by atoms with Gasteiger partial charge in [-0.3, -0.25) is 9.59 Å². The van der Waals surface area contributed by atoms with Crippen LogP contribution in [0.25, 0.3) is 0 Å². The Morgan fingerprint density at radius 1 is 1.16 bits per heavy atom. The lowest BCUT2D eigenvalue weighted by molar-refractivity contribution is -0.897. The second-order valence-electron chi connectivity index (χ2n) is 6.25. The number of rotatable bonds is 8. The predicted octanol–water partition coefficient (Wildman–Crippen LogP) is -0.765. The summed E-state index contributed by atoms with van der Waals surface area (Å²) in [7, 11) is 3.21. The molecule has 7 heteroatoms. The summed E-state index contributed by atoms with van der Waals surface area (Å²) in [6.45, 7) is 3.31. The van der Waals surface area contributed by atoms with E-state index in [2.05, 4.69) is 10.6 Å². The summed E-state index contributed by atoms with van der Waals surface area (Å²) in [6, 6.07) is 7.25. The molecule has 0 aromatic heterocycles. The first-order chi connectivity index (χ1) is 12.1. The minimum absolute atomic E-state index is 0.0489. The van der Waals surface area contributed by atoms with Gasteiger partial charge in [-0.05, 0) is 24.3 Å². The molecular weight excluding hydrogens is 322 g/mol. The van der Waals surface area contributed by atoms with Gasteiger partial charge in [0.25, 0.3) is 11.8 Å². The van der Waals surface area contributed by atoms with E-state index in [0.717, 1.165) is 31.7 Å². The summed E-state index contributed by atoms with van der Waals surface area (Å²) in [5.74, 6) is 0.721. The van der Waals surface area contributed by atoms with E-state index in [1.807, 2.05) is 0 Å². The highest BCUT2D eigenvalue weighted by Crippen LogP contribution is 2.11. The highest BCUT2D eigenvalue weighted by atomic mass is 16.5. The maximum absolute atomic E-state index is 12.3. The Morgan fingerprint density at radius 3 is 2.44 bits per heavy atom. The maximum Gasteiger partial charge on any atom is 0.275 e. The van der Waals surface area contributed by atoms with E-state index in [-0.39, 0.29) is 17.9 Å². The average Bonchev–Trinajstić information content (AvgIpc) is 2.63. The van der Waals surface area contributed by atoms with Crippen molar-refractivity contribution < 1.29 is 24.0 Å². The summed E-state index contributed by atoms with van der Waals surface area (Å²) >= 11 is 0. The third-order valence-electron chi connectivity index (χ3n) is 4.42. The Kier molecular flexibility index (Phi) is 7.69. The highest BCUT2D eigenvalue weighted by Gasteiger charge is 2.25. The highest BCUT2D eigenvalue weighted by molar-refractivity contribution is 5.94. The maximum atomic E-state index is 12.3. The predicted molar refractivity (Wildman–Crippen MR) is 93.9 cm³/mol. The van der Waals surface area contributed by atoms with Crippen molar-refractivity contribution in [2.45, 2.75) is 18.9 Å². The van der Waals surface area contributed by atoms with Gasteiger partial charge in [0, 0.05) is 38.1 Å². The van der Waals surface area contributed by atoms with Crippen LogP contribution in [0.4, 0.5) is 0 Å². The van der Waals surface area contributed by atoms with Crippen LogP contribution < -0.4 is 20.3 Å². The van der Waals surface area contributed by atoms with E-state index in [1.54, 1.807) is 38.5 Å². The van der Waals surface area contributed by atoms with Gasteiger partial charge in [0.05, 0.1) is 26.8 Å². The van der Waals surface area contributed by atoms with Crippen LogP contribution in [0.3, 0.4) is 0 Å². The first kappa shape index (κ1) is 19.2. The number of quaternary nitrogens is 1. The van der Waals surface area contributed by atoms with Crippen LogP contribution in [-0.4, -0.2) is 64.9 Å². The molecule has 1 fully saturated rings. The van der Waals surface area contributed by atoms with Crippen LogP contribution in [0.2, 0.25) is 0 Å². The monoisotopic (exact) mass is 350 g/mol. The van der Waals surface area contributed by atoms with Crippen molar-refractivity contribution >= 4 is 11.8 Å². The smallest absolute Gasteiger partial charge is 0.275 e. The molecule has 1 aliphatic rings. The average molecular weight is 350 g/mol. The number of ether oxygens (including phenoxy) is 2. The van der Waals surface area contributed by atoms with E-state index in [1.165, 1.54) is 4.90 Å². The topological polar surface area (TPSA) is 81.1 Å². The van der Waals surface area contributed by atoms with Crippen LogP contribution in [0.15, 0.2) is 24.3 Å². The lowest BCUT2D eigenvalue weighted by atomic mass is 10.0. The molecular formula is C18H28N3O4+. The molecule has 0 spiro atoms. The summed E-state index contributed by atoms with van der Waals surface area (Å²) in [5.41, 5.74) is 0.632. The number of hydrogen-bond donors (Lipinski definition) is 3. The Hall–Kier alpha value is -2.12. The number of piperidine rings is 1. The van der Waals surface area contributed by atoms with Gasteiger partial charge in [-0.2, -0.15) is 0 Å². The Morgan fingerprint density at radius 2 is 1.84 bits per heavy atom. The molecule has 0 bridgehead atoms. The zero-order valence-corrected chi connectivity index (χ0v) is 15.0. The van der Waals surface area contributed by atoms with Crippen molar-refractivity contribution in [2.75, 3.05) is 47.0 Å². The van der Waals surface area contributed by atoms with Crippen molar-refractivity contribution in [1.29, 1.82) is 0 Å². The lowest BCUT2D eigenvalue weighted by Crippen LogP contribution is -3.14. The van der Waals surface area contributed by atoms with Crippen molar-refractivity contribution in [2.24, 2.45) is 0 Å². The Labute approximate surface area is 148 Å². The zero-order chi connectivity index (χ0) is 18.1. The SMILES string of the molecule is COCCNC(=O)C[NH+]1CCC(NC(=O)c2ccc(OC)cc2)CC1. The molecule has 1 aliphatic heterocycles. The van der Waals surface area contributed by atoms with Gasteiger partial charge in [0.1, 0.15) is 5.75 Å². The Balaban J connectivity index is 1.70. The molecule has 0 aliphatic carbocycles. The van der Waals surface area contributed by atoms with E-state index >= 15 is 0 Å². The van der Waals surface area contributed by atoms with Crippen molar-refractivity contribution in [1.82, 2.24) is 10.6 Å². The third-order valence-corrected chi connectivity index (χ3v) is 4.42. The molecule has 3 N–H and O–H groups in total. The molecule has 1 aromatic rings. The van der Waals surface area contributed by atoms with E-state index in [0.29, 0.717) is 25.3 Å². The van der Waals surface area contributed by atoms with Gasteiger partial charge >= 0.3 is 0 Å². The van der Waals surface area contributed by atoms with Gasteiger partial charge in [0.15, 0.2) is 6.54 Å². The largest absolute Gasteiger partial charge is 0.497 e. The second-order valence-corrected chi connectivity index (χ2v) is 6.25. The number of methoxy groups -OCH3 is 2. The first-order valence-electron chi connectivity index (χ1n) is 8.66. The molecule has 0 unspecified atom stereocenters. The number of nitrogens with one attached hydrogen (secondary N) is 3. The molecule has 2 rings (SSSR count). The van der Waals surface area contributed by atoms with E-state index < -0.39 is 0 Å². The Bertz CT molecular complexity index is 554. The number of carbonyl (C=O) groups is 2. The van der Waals surface area contributed by atoms with Gasteiger partial charge in [0.2, 0.25) is 0 Å². The van der Waals surface area contributed by atoms with Crippen LogP contribution in [0.5, 0.6) is 5.75 Å². The molecule has 0 saturated carbocycles. The van der Waals surface area contributed by atoms with Crippen LogP contribution in [0, 0.1) is 0 Å². The molecule has 25 heavy (non-hydrogen) atoms. The molecule has 7 nitrogen and oxygen atoms in total. The number of carbonyl (C=O) groups excluding carboxylic acids is 2. The lowest BCUT2D eigenvalue weighted by Gasteiger charge is -2.29. The molecule has 138 valence electrons. The summed E-state index contributed by atoms with van der Waals surface area (Å²) < 4.78 is 10.0. The molecule has 0 atom stereocenters. The van der Waals surface area contributed by atoms with Gasteiger partial charge in [-0.25, -0.2) is 0 Å². The van der Waals surface area contributed by atoms with Gasteiger partial charge in [-0.1, -0.05) is 0 Å². The number of amides is 2. The number of benzene rings is 1. The fraction of sp³-hybridized carbons (Fsp3) is 0.556. The molecule has 1 heterocycles. The fourth-order valence-corrected chi connectivity index (χ4v) is 2.94. The first-order valence-corrected chi connectivity index (χ1v) is 8.66. The van der Waals surface area contributed by atoms with Crippen molar-refractivity contribution in [3.63, 3.8) is 0 Å². The third kappa shape index (κ3) is 6.36. The number of likely N-dealkylation sites (tertiary alicyclic amines) is 1. The number of hydrogen-bond acceptors (Lipinski definition) is 4. The second kappa shape index (κ2) is 10.0. The van der Waals surface area contributed by atoms with Crippen LogP contribution >= 0.6 is 0 Å². The minimum Gasteiger partial charge on any atom is -0.497 e. The normalized spacial score (nSPS) is 19.9.